The maximum absolute atomic E-state index is 9.51. The average Bonchev–Trinajstić information content (AvgIpc) is 3.18. The summed E-state index contributed by atoms with van der Waals surface area (Å²) in [6.07, 6.45) is 0. The quantitative estimate of drug-likeness (QED) is 0.180. The van der Waals surface area contributed by atoms with Crippen molar-refractivity contribution in [1.29, 1.82) is 31.6 Å². The lowest BCUT2D eigenvalue weighted by molar-refractivity contribution is 1.28. The van der Waals surface area contributed by atoms with Crippen LogP contribution in [0.25, 0.3) is 33.4 Å². The zero-order valence-electron chi connectivity index (χ0n) is 25.8. The smallest absolute Gasteiger partial charge is 0.101 e. The van der Waals surface area contributed by atoms with Crippen LogP contribution < -0.4 is 4.90 Å². The largest absolute Gasteiger partial charge is 0.311 e. The minimum absolute atomic E-state index is 0.319. The average molecular weight is 624 g/mol. The van der Waals surface area contributed by atoms with E-state index in [2.05, 4.69) is 41.3 Å². The second kappa shape index (κ2) is 13.6. The molecule has 7 nitrogen and oxygen atoms in total. The Morgan fingerprint density at radius 1 is 0.265 bits per heavy atom. The number of benzene rings is 6. The first-order chi connectivity index (χ1) is 24.0. The zero-order valence-corrected chi connectivity index (χ0v) is 25.8. The van der Waals surface area contributed by atoms with E-state index in [0.29, 0.717) is 33.4 Å². The summed E-state index contributed by atoms with van der Waals surface area (Å²) in [4.78, 5) is 2.09. The predicted octanol–water partition coefficient (Wildman–Crippen LogP) is 9.39. The minimum Gasteiger partial charge on any atom is -0.311 e. The highest BCUT2D eigenvalue weighted by molar-refractivity contribution is 5.81. The van der Waals surface area contributed by atoms with Gasteiger partial charge in [0.1, 0.15) is 36.4 Å². The lowest BCUT2D eigenvalue weighted by Crippen LogP contribution is -2.09. The molecule has 0 fully saturated rings. The first-order valence-electron chi connectivity index (χ1n) is 14.9. The number of anilines is 3. The molecule has 0 aliphatic heterocycles. The van der Waals surface area contributed by atoms with Gasteiger partial charge in [-0.05, 0) is 106 Å². The van der Waals surface area contributed by atoms with Crippen molar-refractivity contribution in [2.24, 2.45) is 0 Å². The Morgan fingerprint density at radius 3 is 0.714 bits per heavy atom. The van der Waals surface area contributed by atoms with Crippen LogP contribution in [0, 0.1) is 68.0 Å². The lowest BCUT2D eigenvalue weighted by atomic mass is 9.98. The van der Waals surface area contributed by atoms with Crippen molar-refractivity contribution in [3.8, 4) is 69.8 Å². The summed E-state index contributed by atoms with van der Waals surface area (Å²) in [5.74, 6) is 0. The minimum atomic E-state index is 0.319. The van der Waals surface area contributed by atoms with Crippen LogP contribution in [0.5, 0.6) is 0 Å². The molecular weight excluding hydrogens is 603 g/mol. The van der Waals surface area contributed by atoms with Crippen LogP contribution >= 0.6 is 0 Å². The third-order valence-corrected chi connectivity index (χ3v) is 8.16. The van der Waals surface area contributed by atoms with E-state index >= 15 is 0 Å². The fourth-order valence-electron chi connectivity index (χ4n) is 5.60. The summed E-state index contributed by atoms with van der Waals surface area (Å²) in [5.41, 5.74) is 9.67. The highest BCUT2D eigenvalue weighted by Gasteiger charge is 2.15. The van der Waals surface area contributed by atoms with Crippen molar-refractivity contribution in [2.75, 3.05) is 4.90 Å². The van der Waals surface area contributed by atoms with E-state index in [1.54, 1.807) is 36.4 Å². The van der Waals surface area contributed by atoms with E-state index in [0.717, 1.165) is 50.4 Å². The summed E-state index contributed by atoms with van der Waals surface area (Å²) in [7, 11) is 0. The molecule has 224 valence electrons. The van der Waals surface area contributed by atoms with E-state index in [1.807, 2.05) is 91.0 Å². The molecule has 0 saturated heterocycles. The monoisotopic (exact) mass is 623 g/mol. The fraction of sp³-hybridized carbons (Fsp3) is 0. The van der Waals surface area contributed by atoms with Crippen LogP contribution in [0.4, 0.5) is 17.1 Å². The number of rotatable bonds is 6. The third kappa shape index (κ3) is 6.16. The van der Waals surface area contributed by atoms with Crippen molar-refractivity contribution in [2.45, 2.75) is 0 Å². The molecule has 0 heterocycles. The van der Waals surface area contributed by atoms with Gasteiger partial charge in [0.2, 0.25) is 0 Å². The van der Waals surface area contributed by atoms with Crippen LogP contribution in [0.2, 0.25) is 0 Å². The number of nitrogens with zero attached hydrogens (tertiary/aromatic N) is 7. The summed E-state index contributed by atoms with van der Waals surface area (Å²) < 4.78 is 0. The molecular formula is C42H21N7. The second-order valence-electron chi connectivity index (χ2n) is 10.9. The number of hydrogen-bond acceptors (Lipinski definition) is 7. The maximum atomic E-state index is 9.51. The number of nitriles is 6. The maximum Gasteiger partial charge on any atom is 0.101 e. The molecule has 0 N–H and O–H groups in total. The van der Waals surface area contributed by atoms with Gasteiger partial charge in [-0.1, -0.05) is 54.6 Å². The summed E-state index contributed by atoms with van der Waals surface area (Å²) in [6.45, 7) is 0. The van der Waals surface area contributed by atoms with Crippen LogP contribution in [-0.2, 0) is 0 Å². The topological polar surface area (TPSA) is 146 Å². The number of hydrogen-bond donors (Lipinski definition) is 0. The molecule has 0 spiro atoms. The lowest BCUT2D eigenvalue weighted by Gasteiger charge is -2.26. The van der Waals surface area contributed by atoms with Gasteiger partial charge in [-0.15, -0.1) is 0 Å². The zero-order chi connectivity index (χ0) is 34.3. The molecule has 6 rings (SSSR count). The highest BCUT2D eigenvalue weighted by Crippen LogP contribution is 2.38. The SMILES string of the molecule is N#Cc1ccc(-c2ccc(N(c3ccc(-c4ccc(C#N)c(C#N)c4)cc3)c3ccc(-c4ccc(C#N)c(C#N)c4)cc3)cc2)cc1C#N. The predicted molar refractivity (Wildman–Crippen MR) is 186 cm³/mol. The summed E-state index contributed by atoms with van der Waals surface area (Å²) in [6, 6.07) is 51.7. The Hall–Kier alpha value is -7.94. The standard InChI is InChI=1S/C42H21N7/c43-22-34-4-1-31(19-37(34)25-46)28-7-13-40(14-8-28)49(41-15-9-29(10-16-41)32-2-5-35(23-44)38(20-32)26-47)42-17-11-30(12-18-42)33-3-6-36(24-45)39(21-33)27-48/h1-21H. The molecule has 7 heteroatoms. The molecule has 0 atom stereocenters. The molecule has 0 aromatic heterocycles. The summed E-state index contributed by atoms with van der Waals surface area (Å²) >= 11 is 0. The van der Waals surface area contributed by atoms with Gasteiger partial charge in [0.15, 0.2) is 0 Å². The van der Waals surface area contributed by atoms with Crippen LogP contribution in [0.3, 0.4) is 0 Å². The van der Waals surface area contributed by atoms with E-state index in [1.165, 1.54) is 0 Å². The molecule has 0 saturated carbocycles. The van der Waals surface area contributed by atoms with Crippen LogP contribution in [-0.4, -0.2) is 0 Å². The molecule has 0 aliphatic carbocycles. The van der Waals surface area contributed by atoms with Crippen molar-refractivity contribution in [3.05, 3.63) is 161 Å². The van der Waals surface area contributed by atoms with Gasteiger partial charge in [-0.3, -0.25) is 0 Å². The molecule has 0 amide bonds. The first kappa shape index (κ1) is 31.1. The molecule has 6 aromatic carbocycles. The second-order valence-corrected chi connectivity index (χ2v) is 10.9. The Labute approximate surface area is 283 Å². The Morgan fingerprint density at radius 2 is 0.490 bits per heavy atom. The fourth-order valence-corrected chi connectivity index (χ4v) is 5.60. The van der Waals surface area contributed by atoms with E-state index in [-0.39, 0.29) is 0 Å². The van der Waals surface area contributed by atoms with Crippen molar-refractivity contribution in [1.82, 2.24) is 0 Å². The first-order valence-corrected chi connectivity index (χ1v) is 14.9. The van der Waals surface area contributed by atoms with Gasteiger partial charge < -0.3 is 4.90 Å². The highest BCUT2D eigenvalue weighted by atomic mass is 15.1. The molecule has 0 bridgehead atoms. The summed E-state index contributed by atoms with van der Waals surface area (Å²) in [5, 5.41) is 56.5. The van der Waals surface area contributed by atoms with Gasteiger partial charge in [-0.25, -0.2) is 0 Å². The molecule has 6 aromatic rings. The van der Waals surface area contributed by atoms with E-state index in [4.69, 9.17) is 0 Å². The molecule has 0 radical (unpaired) electrons. The van der Waals surface area contributed by atoms with Crippen molar-refractivity contribution in [3.63, 3.8) is 0 Å². The van der Waals surface area contributed by atoms with E-state index < -0.39 is 0 Å². The molecule has 49 heavy (non-hydrogen) atoms. The van der Waals surface area contributed by atoms with Gasteiger partial charge >= 0.3 is 0 Å². The Bertz CT molecular complexity index is 2210. The van der Waals surface area contributed by atoms with Gasteiger partial charge in [0.05, 0.1) is 33.4 Å². The van der Waals surface area contributed by atoms with Crippen molar-refractivity contribution < 1.29 is 0 Å². The van der Waals surface area contributed by atoms with Crippen LogP contribution in [0.15, 0.2) is 127 Å². The Balaban J connectivity index is 1.40. The molecule has 0 aliphatic rings. The normalized spacial score (nSPS) is 9.92. The van der Waals surface area contributed by atoms with Gasteiger partial charge in [-0.2, -0.15) is 31.6 Å². The van der Waals surface area contributed by atoms with Crippen LogP contribution in [0.1, 0.15) is 33.4 Å². The van der Waals surface area contributed by atoms with Crippen molar-refractivity contribution >= 4 is 17.1 Å². The molecule has 0 unspecified atom stereocenters. The van der Waals surface area contributed by atoms with Gasteiger partial charge in [0, 0.05) is 17.1 Å². The Kier molecular flexibility index (Phi) is 8.61. The third-order valence-electron chi connectivity index (χ3n) is 8.16. The van der Waals surface area contributed by atoms with Gasteiger partial charge in [0.25, 0.3) is 0 Å². The van der Waals surface area contributed by atoms with E-state index in [9.17, 15) is 31.6 Å².